The van der Waals surface area contributed by atoms with Gasteiger partial charge in [0.25, 0.3) is 0 Å². The van der Waals surface area contributed by atoms with E-state index in [0.717, 1.165) is 0 Å². The van der Waals surface area contributed by atoms with E-state index in [1.807, 2.05) is 0 Å². The molecule has 0 aliphatic heterocycles. The molecule has 5 nitrogen and oxygen atoms in total. The van der Waals surface area contributed by atoms with Crippen LogP contribution in [0, 0.1) is 0 Å². The third-order valence-corrected chi connectivity index (χ3v) is 0.712. The molecule has 0 aromatic carbocycles. The summed E-state index contributed by atoms with van der Waals surface area (Å²) < 4.78 is 0. The Hall–Kier alpha value is -1.10. The van der Waals surface area contributed by atoms with Crippen molar-refractivity contribution in [3.63, 3.8) is 0 Å². The van der Waals surface area contributed by atoms with Gasteiger partial charge in [-0.1, -0.05) is 0 Å². The predicted molar refractivity (Wildman–Crippen MR) is 27.9 cm³/mol. The van der Waals surface area contributed by atoms with Gasteiger partial charge in [-0.15, -0.1) is 0 Å². The van der Waals surface area contributed by atoms with Crippen molar-refractivity contribution in [3.8, 4) is 0 Å². The van der Waals surface area contributed by atoms with Crippen molar-refractivity contribution >= 4 is 11.9 Å². The number of rotatable bonds is 3. The number of aliphatic carboxylic acids is 2. The molecule has 0 heterocycles. The first-order chi connectivity index (χ1) is 4.04. The largest absolute Gasteiger partial charge is 0.481 e. The number of hydrogen-bond acceptors (Lipinski definition) is 3. The lowest BCUT2D eigenvalue weighted by Gasteiger charge is -1.99. The molecule has 0 rings (SSSR count). The molecule has 5 heteroatoms. The Morgan fingerprint density at radius 2 is 1.89 bits per heavy atom. The second kappa shape index (κ2) is 3.03. The Bertz CT molecular complexity index is 133. The van der Waals surface area contributed by atoms with E-state index >= 15 is 0 Å². The fraction of sp³-hybridized carbons (Fsp3) is 0.500. The first-order valence-corrected chi connectivity index (χ1v) is 2.24. The first kappa shape index (κ1) is 7.90. The zero-order valence-corrected chi connectivity index (χ0v) is 4.57. The average molecular weight is 135 g/mol. The molecule has 0 aromatic rings. The molecule has 0 bridgehead atoms. The van der Waals surface area contributed by atoms with Crippen LogP contribution in [0.4, 0.5) is 0 Å². The summed E-state index contributed by atoms with van der Waals surface area (Å²) >= 11 is 0. The highest BCUT2D eigenvalue weighted by molar-refractivity contribution is 5.80. The highest BCUT2D eigenvalue weighted by Gasteiger charge is 2.14. The number of carboxylic acid groups (broad SMARTS) is 2. The maximum atomic E-state index is 9.85. The van der Waals surface area contributed by atoms with Gasteiger partial charge in [-0.25, -0.2) is 0 Å². The zero-order valence-electron chi connectivity index (χ0n) is 4.57. The van der Waals surface area contributed by atoms with Crippen molar-refractivity contribution in [3.05, 3.63) is 0 Å². The van der Waals surface area contributed by atoms with Crippen molar-refractivity contribution in [2.75, 3.05) is 0 Å². The molecule has 0 spiro atoms. The maximum absolute atomic E-state index is 9.85. The summed E-state index contributed by atoms with van der Waals surface area (Å²) in [5.74, 6) is -2.50. The Labute approximate surface area is 51.1 Å². The fourth-order valence-corrected chi connectivity index (χ4v) is 0.275. The van der Waals surface area contributed by atoms with Crippen LogP contribution in [0.5, 0.6) is 0 Å². The number of hydrogen-bond donors (Lipinski definition) is 3. The van der Waals surface area contributed by atoms with Crippen molar-refractivity contribution in [1.82, 2.24) is 0 Å². The van der Waals surface area contributed by atoms with Crippen LogP contribution in [-0.4, -0.2) is 28.2 Å². The minimum atomic E-state index is -1.29. The van der Waals surface area contributed by atoms with Crippen LogP contribution in [0.25, 0.3) is 0 Å². The fourth-order valence-electron chi connectivity index (χ4n) is 0.275. The normalized spacial score (nSPS) is 12.6. The smallest absolute Gasteiger partial charge is 0.321 e. The van der Waals surface area contributed by atoms with Gasteiger partial charge in [-0.3, -0.25) is 9.59 Å². The summed E-state index contributed by atoms with van der Waals surface area (Å²) in [5.41, 5.74) is 4.84. The van der Waals surface area contributed by atoms with Gasteiger partial charge < -0.3 is 15.9 Å². The van der Waals surface area contributed by atoms with Crippen LogP contribution in [0.2, 0.25) is 0 Å². The third kappa shape index (κ3) is 3.48. The highest BCUT2D eigenvalue weighted by Crippen LogP contribution is 1.86. The van der Waals surface area contributed by atoms with Crippen LogP contribution in [0.3, 0.4) is 0 Å². The second-order valence-corrected chi connectivity index (χ2v) is 1.54. The van der Waals surface area contributed by atoms with Crippen molar-refractivity contribution in [1.29, 1.82) is 0 Å². The Balaban J connectivity index is 3.63. The Kier molecular flexibility index (Phi) is 2.66. The molecule has 0 saturated heterocycles. The van der Waals surface area contributed by atoms with Gasteiger partial charge in [0.15, 0.2) is 0 Å². The molecule has 0 fully saturated rings. The van der Waals surface area contributed by atoms with E-state index in [-0.39, 0.29) is 0 Å². The van der Waals surface area contributed by atoms with Gasteiger partial charge in [-0.2, -0.15) is 0 Å². The standard InChI is InChI=1S/C4H7NO4/c5-2(4(8)9)1-3(6)7/h2H,1,5H2,(H,6,7)(H,8,9)/t2-/m0/s1/i2+2. The monoisotopic (exact) mass is 135 g/mol. The minimum absolute atomic E-state index is 0.532. The van der Waals surface area contributed by atoms with Gasteiger partial charge in [0.2, 0.25) is 0 Å². The van der Waals surface area contributed by atoms with Crippen LogP contribution in [0.1, 0.15) is 6.42 Å². The van der Waals surface area contributed by atoms with E-state index in [2.05, 4.69) is 0 Å². The van der Waals surface area contributed by atoms with E-state index in [0.29, 0.717) is 0 Å². The van der Waals surface area contributed by atoms with Crippen molar-refractivity contribution < 1.29 is 19.8 Å². The summed E-state index contributed by atoms with van der Waals surface area (Å²) in [6, 6.07) is -1.29. The van der Waals surface area contributed by atoms with Gasteiger partial charge in [0, 0.05) is 0 Å². The molecule has 0 aromatic heterocycles. The lowest BCUT2D eigenvalue weighted by Crippen LogP contribution is -2.32. The third-order valence-electron chi connectivity index (χ3n) is 0.712. The Morgan fingerprint density at radius 3 is 2.00 bits per heavy atom. The van der Waals surface area contributed by atoms with Crippen molar-refractivity contribution in [2.24, 2.45) is 5.73 Å². The van der Waals surface area contributed by atoms with Gasteiger partial charge >= 0.3 is 11.9 Å². The van der Waals surface area contributed by atoms with E-state index < -0.39 is 24.4 Å². The quantitative estimate of drug-likeness (QED) is 0.454. The predicted octanol–water partition coefficient (Wildman–Crippen LogP) is -1.13. The molecule has 0 saturated carbocycles. The lowest BCUT2D eigenvalue weighted by molar-refractivity contribution is -0.144. The molecule has 0 unspecified atom stereocenters. The van der Waals surface area contributed by atoms with Gasteiger partial charge in [0.05, 0.1) is 6.42 Å². The minimum Gasteiger partial charge on any atom is -0.481 e. The molecule has 4 N–H and O–H groups in total. The van der Waals surface area contributed by atoms with Crippen LogP contribution in [-0.2, 0) is 9.59 Å². The van der Waals surface area contributed by atoms with E-state index in [9.17, 15) is 9.59 Å². The lowest BCUT2D eigenvalue weighted by atomic mass is 10.6. The maximum Gasteiger partial charge on any atom is 0.321 e. The van der Waals surface area contributed by atoms with Crippen LogP contribution < -0.4 is 5.73 Å². The molecular formula is C4H7NO4. The van der Waals surface area contributed by atoms with E-state index in [1.54, 1.807) is 0 Å². The van der Waals surface area contributed by atoms with E-state index in [4.69, 9.17) is 15.9 Å². The van der Waals surface area contributed by atoms with Crippen molar-refractivity contribution in [2.45, 2.75) is 12.5 Å². The highest BCUT2D eigenvalue weighted by atomic mass is 16.4. The van der Waals surface area contributed by atoms with E-state index in [1.165, 1.54) is 0 Å². The van der Waals surface area contributed by atoms with Gasteiger partial charge in [-0.05, 0) is 0 Å². The summed E-state index contributed by atoms with van der Waals surface area (Å²) in [5, 5.41) is 16.0. The van der Waals surface area contributed by atoms with Crippen LogP contribution >= 0.6 is 0 Å². The topological polar surface area (TPSA) is 101 Å². The molecule has 52 valence electrons. The molecular weight excluding hydrogens is 128 g/mol. The first-order valence-electron chi connectivity index (χ1n) is 2.24. The molecule has 0 aliphatic rings. The SMILES string of the molecule is N[14C@@H](CC(=O)O)C(=O)O. The summed E-state index contributed by atoms with van der Waals surface area (Å²) in [7, 11) is 0. The Morgan fingerprint density at radius 1 is 1.44 bits per heavy atom. The molecule has 0 radical (unpaired) electrons. The molecule has 0 amide bonds. The molecule has 1 atom stereocenters. The summed E-state index contributed by atoms with van der Waals surface area (Å²) in [4.78, 5) is 19.6. The zero-order chi connectivity index (χ0) is 7.44. The number of carbonyl (C=O) groups is 2. The number of carboxylic acids is 2. The molecule has 0 aliphatic carbocycles. The number of nitrogens with two attached hydrogens (primary N) is 1. The second-order valence-electron chi connectivity index (χ2n) is 1.54. The van der Waals surface area contributed by atoms with Gasteiger partial charge in [0.1, 0.15) is 6.04 Å². The average Bonchev–Trinajstić information content (AvgIpc) is 1.63. The summed E-state index contributed by atoms with van der Waals surface area (Å²) in [6.07, 6.45) is -0.532. The van der Waals surface area contributed by atoms with Crippen LogP contribution in [0.15, 0.2) is 0 Å². The molecule has 9 heavy (non-hydrogen) atoms. The summed E-state index contributed by atoms with van der Waals surface area (Å²) in [6.45, 7) is 0.